The zero-order valence-electron chi connectivity index (χ0n) is 11.3. The highest BCUT2D eigenvalue weighted by Gasteiger charge is 2.08. The lowest BCUT2D eigenvalue weighted by atomic mass is 10.1. The van der Waals surface area contributed by atoms with E-state index in [1.807, 2.05) is 41.2 Å². The molecule has 5 nitrogen and oxygen atoms in total. The van der Waals surface area contributed by atoms with E-state index in [0.29, 0.717) is 13.1 Å². The molecular formula is C14H19ClN4O. The van der Waals surface area contributed by atoms with Gasteiger partial charge in [0, 0.05) is 18.9 Å². The lowest BCUT2D eigenvalue weighted by molar-refractivity contribution is -0.122. The minimum absolute atomic E-state index is 0. The number of hydrogen-bond acceptors (Lipinski definition) is 3. The Labute approximate surface area is 124 Å². The van der Waals surface area contributed by atoms with Crippen molar-refractivity contribution in [1.29, 1.82) is 0 Å². The Hall–Kier alpha value is -1.85. The molecule has 0 fully saturated rings. The number of aromatic nitrogens is 2. The van der Waals surface area contributed by atoms with Crippen molar-refractivity contribution < 1.29 is 4.79 Å². The van der Waals surface area contributed by atoms with Crippen LogP contribution < -0.4 is 11.1 Å². The summed E-state index contributed by atoms with van der Waals surface area (Å²) in [5.41, 5.74) is 7.73. The van der Waals surface area contributed by atoms with Crippen molar-refractivity contribution in [2.75, 3.05) is 0 Å². The zero-order chi connectivity index (χ0) is 13.7. The monoisotopic (exact) mass is 294 g/mol. The maximum absolute atomic E-state index is 11.5. The molecule has 0 spiro atoms. The van der Waals surface area contributed by atoms with Gasteiger partial charge in [0.15, 0.2) is 0 Å². The zero-order valence-corrected chi connectivity index (χ0v) is 12.1. The molecule has 2 rings (SSSR count). The van der Waals surface area contributed by atoms with Gasteiger partial charge in [-0.3, -0.25) is 9.48 Å². The quantitative estimate of drug-likeness (QED) is 0.873. The molecule has 0 bridgehead atoms. The van der Waals surface area contributed by atoms with E-state index < -0.39 is 6.04 Å². The molecule has 0 unspecified atom stereocenters. The van der Waals surface area contributed by atoms with Crippen LogP contribution in [0.15, 0.2) is 42.7 Å². The van der Waals surface area contributed by atoms with Gasteiger partial charge in [-0.25, -0.2) is 0 Å². The van der Waals surface area contributed by atoms with Crippen LogP contribution in [-0.2, 0) is 17.9 Å². The third-order valence-electron chi connectivity index (χ3n) is 2.88. The number of nitrogens with zero attached hydrogens (tertiary/aromatic N) is 2. The molecule has 1 aromatic heterocycles. The summed E-state index contributed by atoms with van der Waals surface area (Å²) in [5, 5.41) is 7.01. The molecule has 1 atom stereocenters. The average molecular weight is 295 g/mol. The summed E-state index contributed by atoms with van der Waals surface area (Å²) in [7, 11) is 0. The number of rotatable bonds is 5. The molecule has 0 aliphatic carbocycles. The molecule has 1 heterocycles. The smallest absolute Gasteiger partial charge is 0.236 e. The van der Waals surface area contributed by atoms with Crippen LogP contribution in [0.2, 0.25) is 0 Å². The number of carbonyl (C=O) groups is 1. The molecule has 2 aromatic rings. The second-order valence-electron chi connectivity index (χ2n) is 4.48. The molecule has 0 saturated carbocycles. The third kappa shape index (κ3) is 4.36. The molecule has 108 valence electrons. The summed E-state index contributed by atoms with van der Waals surface area (Å²) in [6, 6.07) is 9.38. The molecule has 20 heavy (non-hydrogen) atoms. The van der Waals surface area contributed by atoms with Gasteiger partial charge in [0.05, 0.1) is 12.6 Å². The molecule has 6 heteroatoms. The van der Waals surface area contributed by atoms with Crippen molar-refractivity contribution in [1.82, 2.24) is 15.1 Å². The van der Waals surface area contributed by atoms with Crippen LogP contribution in [0.5, 0.6) is 0 Å². The topological polar surface area (TPSA) is 72.9 Å². The van der Waals surface area contributed by atoms with E-state index in [2.05, 4.69) is 10.4 Å². The SMILES string of the molecule is C[C@@H](N)C(=O)NCc1ccccc1Cn1cccn1.Cl. The minimum atomic E-state index is -0.488. The lowest BCUT2D eigenvalue weighted by Crippen LogP contribution is -2.38. The summed E-state index contributed by atoms with van der Waals surface area (Å²) in [4.78, 5) is 11.5. The fourth-order valence-corrected chi connectivity index (χ4v) is 1.80. The van der Waals surface area contributed by atoms with E-state index in [4.69, 9.17) is 5.73 Å². The van der Waals surface area contributed by atoms with Crippen LogP contribution in [0.25, 0.3) is 0 Å². The van der Waals surface area contributed by atoms with Gasteiger partial charge in [-0.15, -0.1) is 12.4 Å². The highest BCUT2D eigenvalue weighted by atomic mass is 35.5. The molecule has 3 N–H and O–H groups in total. The van der Waals surface area contributed by atoms with Crippen molar-refractivity contribution in [2.45, 2.75) is 26.1 Å². The van der Waals surface area contributed by atoms with Crippen molar-refractivity contribution in [3.05, 3.63) is 53.9 Å². The third-order valence-corrected chi connectivity index (χ3v) is 2.88. The van der Waals surface area contributed by atoms with E-state index in [0.717, 1.165) is 11.1 Å². The molecular weight excluding hydrogens is 276 g/mol. The lowest BCUT2D eigenvalue weighted by Gasteiger charge is -2.12. The number of nitrogens with two attached hydrogens (primary N) is 1. The Bertz CT molecular complexity index is 540. The number of nitrogens with one attached hydrogen (secondary N) is 1. The molecule has 0 radical (unpaired) electrons. The summed E-state index contributed by atoms with van der Waals surface area (Å²) in [6.07, 6.45) is 3.66. The minimum Gasteiger partial charge on any atom is -0.351 e. The van der Waals surface area contributed by atoms with Crippen LogP contribution in [0.3, 0.4) is 0 Å². The van der Waals surface area contributed by atoms with Gasteiger partial charge >= 0.3 is 0 Å². The summed E-state index contributed by atoms with van der Waals surface area (Å²) >= 11 is 0. The average Bonchev–Trinajstić information content (AvgIpc) is 2.90. The molecule has 0 aliphatic heterocycles. The standard InChI is InChI=1S/C14H18N4O.ClH/c1-11(15)14(19)16-9-12-5-2-3-6-13(12)10-18-8-4-7-17-18;/h2-8,11H,9-10,15H2,1H3,(H,16,19);1H/t11-;/m1./s1. The van der Waals surface area contributed by atoms with Gasteiger partial charge in [0.25, 0.3) is 0 Å². The number of halogens is 1. The summed E-state index contributed by atoms with van der Waals surface area (Å²) < 4.78 is 1.85. The number of carbonyl (C=O) groups excluding carboxylic acids is 1. The second kappa shape index (κ2) is 7.67. The van der Waals surface area contributed by atoms with E-state index in [1.165, 1.54) is 0 Å². The Morgan fingerprint density at radius 2 is 2.05 bits per heavy atom. The summed E-state index contributed by atoms with van der Waals surface area (Å²) in [6.45, 7) is 2.85. The number of benzene rings is 1. The fraction of sp³-hybridized carbons (Fsp3) is 0.286. The highest BCUT2D eigenvalue weighted by molar-refractivity contribution is 5.85. The largest absolute Gasteiger partial charge is 0.351 e. The van der Waals surface area contributed by atoms with Crippen molar-refractivity contribution >= 4 is 18.3 Å². The Morgan fingerprint density at radius 3 is 2.65 bits per heavy atom. The molecule has 1 aromatic carbocycles. The Kier molecular flexibility index (Phi) is 6.21. The normalized spacial score (nSPS) is 11.5. The van der Waals surface area contributed by atoms with Crippen molar-refractivity contribution in [2.24, 2.45) is 5.73 Å². The van der Waals surface area contributed by atoms with Gasteiger partial charge in [-0.05, 0) is 24.1 Å². The van der Waals surface area contributed by atoms with Crippen molar-refractivity contribution in [3.8, 4) is 0 Å². The first-order valence-electron chi connectivity index (χ1n) is 6.24. The second-order valence-corrected chi connectivity index (χ2v) is 4.48. The molecule has 0 aliphatic rings. The van der Waals surface area contributed by atoms with Crippen LogP contribution in [-0.4, -0.2) is 21.7 Å². The van der Waals surface area contributed by atoms with Gasteiger partial charge in [-0.1, -0.05) is 24.3 Å². The first-order chi connectivity index (χ1) is 9.16. The first kappa shape index (κ1) is 16.2. The van der Waals surface area contributed by atoms with Crippen LogP contribution >= 0.6 is 12.4 Å². The van der Waals surface area contributed by atoms with Gasteiger partial charge in [0.2, 0.25) is 5.91 Å². The highest BCUT2D eigenvalue weighted by Crippen LogP contribution is 2.10. The van der Waals surface area contributed by atoms with E-state index in [1.54, 1.807) is 13.1 Å². The number of amides is 1. The predicted octanol–water partition coefficient (Wildman–Crippen LogP) is 1.32. The Morgan fingerprint density at radius 1 is 1.35 bits per heavy atom. The van der Waals surface area contributed by atoms with Gasteiger partial charge in [-0.2, -0.15) is 5.10 Å². The fourth-order valence-electron chi connectivity index (χ4n) is 1.80. The van der Waals surface area contributed by atoms with Gasteiger partial charge < -0.3 is 11.1 Å². The first-order valence-corrected chi connectivity index (χ1v) is 6.24. The predicted molar refractivity (Wildman–Crippen MR) is 80.5 cm³/mol. The van der Waals surface area contributed by atoms with Crippen molar-refractivity contribution in [3.63, 3.8) is 0 Å². The van der Waals surface area contributed by atoms with Crippen LogP contribution in [0.4, 0.5) is 0 Å². The van der Waals surface area contributed by atoms with Crippen LogP contribution in [0.1, 0.15) is 18.1 Å². The summed E-state index contributed by atoms with van der Waals surface area (Å²) in [5.74, 6) is -0.145. The Balaban J connectivity index is 0.00000200. The van der Waals surface area contributed by atoms with E-state index in [9.17, 15) is 4.79 Å². The maximum atomic E-state index is 11.5. The van der Waals surface area contributed by atoms with E-state index in [-0.39, 0.29) is 18.3 Å². The van der Waals surface area contributed by atoms with Gasteiger partial charge in [0.1, 0.15) is 0 Å². The van der Waals surface area contributed by atoms with E-state index >= 15 is 0 Å². The number of hydrogen-bond donors (Lipinski definition) is 2. The van der Waals surface area contributed by atoms with Crippen LogP contribution in [0, 0.1) is 0 Å². The molecule has 0 saturated heterocycles. The maximum Gasteiger partial charge on any atom is 0.236 e. The molecule has 1 amide bonds.